The van der Waals surface area contributed by atoms with Gasteiger partial charge in [0.05, 0.1) is 50.4 Å². The number of pyridine rings is 2. The van der Waals surface area contributed by atoms with E-state index < -0.39 is 24.1 Å². The van der Waals surface area contributed by atoms with Gasteiger partial charge in [-0.2, -0.15) is 0 Å². The fraction of sp³-hybridized carbons (Fsp3) is 0.152. The van der Waals surface area contributed by atoms with Gasteiger partial charge in [0, 0.05) is 81.3 Å². The second kappa shape index (κ2) is 21.7. The third-order valence-electron chi connectivity index (χ3n) is 16.3. The predicted octanol–water partition coefficient (Wildman–Crippen LogP) is 13.7. The maximum atomic E-state index is 14.5. The van der Waals surface area contributed by atoms with Crippen molar-refractivity contribution < 1.29 is 54.8 Å². The SMILES string of the molecule is CNC(=O)c1c(-c2ccc(F)cc2)oc2cc(N)c(-c3ccc4c(n3)-c3cc5c(F)cccc5n3CO4)cc12.CNC(=O)c1c(-c2ccc(F)cc2)oc2cc(N)c(B3OC(C)(C)C(C)(C)O3)cc12.Fc1cccc2c1cc1n2COc2ccc(Cl)nc2-1. The van der Waals surface area contributed by atoms with Gasteiger partial charge in [0.15, 0.2) is 13.5 Å². The number of anilines is 2. The van der Waals surface area contributed by atoms with Crippen LogP contribution in [0.15, 0.2) is 154 Å². The van der Waals surface area contributed by atoms with E-state index in [-0.39, 0.29) is 36.0 Å². The van der Waals surface area contributed by atoms with Crippen molar-refractivity contribution in [1.29, 1.82) is 0 Å². The lowest BCUT2D eigenvalue weighted by Gasteiger charge is -2.32. The molecule has 3 aliphatic heterocycles. The van der Waals surface area contributed by atoms with Gasteiger partial charge in [-0.25, -0.2) is 27.5 Å². The number of halogens is 5. The third-order valence-corrected chi connectivity index (χ3v) is 16.5. The molecule has 0 radical (unpaired) electrons. The summed E-state index contributed by atoms with van der Waals surface area (Å²) in [4.78, 5) is 34.9. The van der Waals surface area contributed by atoms with Crippen LogP contribution >= 0.6 is 11.6 Å². The number of aromatic nitrogens is 4. The van der Waals surface area contributed by atoms with Gasteiger partial charge in [-0.15, -0.1) is 0 Å². The molecule has 0 spiro atoms. The molecule has 0 unspecified atom stereocenters. The van der Waals surface area contributed by atoms with Gasteiger partial charge in [-0.1, -0.05) is 23.7 Å². The molecule has 0 atom stereocenters. The summed E-state index contributed by atoms with van der Waals surface area (Å²) in [7, 11) is 2.39. The molecule has 0 bridgehead atoms. The fourth-order valence-electron chi connectivity index (χ4n) is 11.1. The number of furan rings is 2. The van der Waals surface area contributed by atoms with Crippen molar-refractivity contribution in [3.8, 4) is 68.2 Å². The Balaban J connectivity index is 0.000000129. The maximum absolute atomic E-state index is 14.5. The number of nitrogens with two attached hydrogens (primary N) is 2. The Hall–Kier alpha value is -10.1. The molecule has 0 aliphatic carbocycles. The van der Waals surface area contributed by atoms with Gasteiger partial charge in [-0.05, 0) is 149 Å². The summed E-state index contributed by atoms with van der Waals surface area (Å²) in [5.74, 6) is -0.129. The van der Waals surface area contributed by atoms with Gasteiger partial charge in [0.1, 0.15) is 74.0 Å². The van der Waals surface area contributed by atoms with Gasteiger partial charge in [0.25, 0.3) is 11.8 Å². The van der Waals surface area contributed by atoms with E-state index in [0.29, 0.717) is 135 Å². The molecular weight excluding hydrogens is 1160 g/mol. The molecule has 16 nitrogen and oxygen atoms in total. The monoisotopic (exact) mass is 1210 g/mol. The zero-order valence-corrected chi connectivity index (χ0v) is 48.7. The molecule has 88 heavy (non-hydrogen) atoms. The van der Waals surface area contributed by atoms with Gasteiger partial charge < -0.3 is 58.9 Å². The normalized spacial score (nSPS) is 14.2. The smallest absolute Gasteiger partial charge is 0.470 e. The lowest BCUT2D eigenvalue weighted by molar-refractivity contribution is 0.00578. The number of amides is 2. The summed E-state index contributed by atoms with van der Waals surface area (Å²) >= 11 is 5.92. The summed E-state index contributed by atoms with van der Waals surface area (Å²) in [6.07, 6.45) is 0. The van der Waals surface area contributed by atoms with E-state index in [2.05, 4.69) is 15.6 Å². The van der Waals surface area contributed by atoms with Crippen LogP contribution in [0.5, 0.6) is 11.5 Å². The van der Waals surface area contributed by atoms with Crippen LogP contribution in [0.25, 0.3) is 100 Å². The van der Waals surface area contributed by atoms with E-state index in [0.717, 1.165) is 16.9 Å². The first-order valence-corrected chi connectivity index (χ1v) is 28.1. The first kappa shape index (κ1) is 57.0. The number of nitrogens with zero attached hydrogens (tertiary/aromatic N) is 4. The highest BCUT2D eigenvalue weighted by Crippen LogP contribution is 2.44. The minimum Gasteiger partial charge on any atom is -0.470 e. The number of nitrogen functional groups attached to an aromatic ring is 2. The minimum absolute atomic E-state index is 0.237. The van der Waals surface area contributed by atoms with E-state index in [9.17, 15) is 27.2 Å². The minimum atomic E-state index is -0.680. The van der Waals surface area contributed by atoms with Gasteiger partial charge in [-0.3, -0.25) is 9.59 Å². The number of nitrogens with one attached hydrogen (secondary N) is 2. The molecule has 6 aromatic carbocycles. The number of carbonyl (C=O) groups excluding carboxylic acids is 2. The average Bonchev–Trinajstić information content (AvgIpc) is 1.97. The number of benzene rings is 6. The molecule has 12 aromatic rings. The van der Waals surface area contributed by atoms with Crippen LogP contribution in [0.2, 0.25) is 5.15 Å². The molecule has 1 fully saturated rings. The molecule has 442 valence electrons. The summed E-state index contributed by atoms with van der Waals surface area (Å²) in [5, 5.41) is 7.85. The predicted molar refractivity (Wildman–Crippen MR) is 330 cm³/mol. The Morgan fingerprint density at radius 2 is 1.03 bits per heavy atom. The Bertz CT molecular complexity index is 4810. The molecule has 6 aromatic heterocycles. The van der Waals surface area contributed by atoms with Crippen molar-refractivity contribution in [3.63, 3.8) is 0 Å². The van der Waals surface area contributed by atoms with Crippen molar-refractivity contribution in [2.45, 2.75) is 52.4 Å². The highest BCUT2D eigenvalue weighted by molar-refractivity contribution is 6.64. The highest BCUT2D eigenvalue weighted by atomic mass is 35.5. The number of hydrogen-bond acceptors (Lipinski definition) is 12. The molecule has 3 aliphatic rings. The lowest BCUT2D eigenvalue weighted by Crippen LogP contribution is -2.41. The summed E-state index contributed by atoms with van der Waals surface area (Å²) in [5.41, 5.74) is 21.2. The molecule has 22 heteroatoms. The van der Waals surface area contributed by atoms with Crippen LogP contribution in [0.1, 0.15) is 48.4 Å². The Kier molecular flexibility index (Phi) is 14.1. The topological polar surface area (TPSA) is 209 Å². The Morgan fingerprint density at radius 1 is 0.568 bits per heavy atom. The maximum Gasteiger partial charge on any atom is 0.496 e. The van der Waals surface area contributed by atoms with Crippen LogP contribution in [0.3, 0.4) is 0 Å². The van der Waals surface area contributed by atoms with E-state index in [1.54, 1.807) is 104 Å². The van der Waals surface area contributed by atoms with Crippen molar-refractivity contribution in [1.82, 2.24) is 29.7 Å². The van der Waals surface area contributed by atoms with Crippen LogP contribution in [0.4, 0.5) is 28.9 Å². The van der Waals surface area contributed by atoms with Crippen LogP contribution < -0.4 is 37.0 Å². The lowest BCUT2D eigenvalue weighted by atomic mass is 9.77. The molecule has 1 saturated heterocycles. The van der Waals surface area contributed by atoms with E-state index in [1.807, 2.05) is 49.0 Å². The number of ether oxygens (including phenoxy) is 2. The molecule has 9 heterocycles. The quantitative estimate of drug-likeness (QED) is 0.0531. The zero-order chi connectivity index (χ0) is 61.7. The number of hydrogen-bond donors (Lipinski definition) is 4. The van der Waals surface area contributed by atoms with Crippen molar-refractivity contribution in [2.75, 3.05) is 25.6 Å². The average molecular weight is 1210 g/mol. The summed E-state index contributed by atoms with van der Waals surface area (Å²) in [6, 6.07) is 38.9. The van der Waals surface area contributed by atoms with Crippen molar-refractivity contribution in [2.24, 2.45) is 0 Å². The highest BCUT2D eigenvalue weighted by Gasteiger charge is 2.52. The standard InChI is InChI=1S/C30H20F2N4O3.C22H24BFN2O4.C14H8ClFN2O/c1-34-30(37)27-19-11-18(21(33)13-26(19)39-29(27)15-5-7-16(31)8-6-15)22-9-10-25-28(35-22)24-12-17-20(32)3-2-4-23(17)36(24)14-38-25;1-21(2)22(3,4)30-23(29-21)15-10-14-17(11-16(15)25)28-19(18(14)20(27)26-5)12-6-8-13(24)9-7-12;15-13-5-4-12-14(17-13)11-6-8-9(16)2-1-3-10(8)18(11)7-19-12/h2-13H,14,33H2,1H3,(H,34,37);6-11H,25H2,1-5H3,(H,26,27);1-6H,7H2. The van der Waals surface area contributed by atoms with Crippen molar-refractivity contribution >= 4 is 91.1 Å². The molecule has 2 amide bonds. The Labute approximate surface area is 504 Å². The Morgan fingerprint density at radius 3 is 1.53 bits per heavy atom. The van der Waals surface area contributed by atoms with E-state index in [1.165, 1.54) is 43.4 Å². The van der Waals surface area contributed by atoms with E-state index >= 15 is 0 Å². The second-order valence-corrected chi connectivity index (χ2v) is 22.5. The summed E-state index contributed by atoms with van der Waals surface area (Å²) in [6.45, 7) is 8.42. The van der Waals surface area contributed by atoms with Crippen LogP contribution in [0, 0.1) is 23.3 Å². The first-order valence-electron chi connectivity index (χ1n) is 27.7. The fourth-order valence-corrected chi connectivity index (χ4v) is 11.2. The van der Waals surface area contributed by atoms with E-state index in [4.69, 9.17) is 55.7 Å². The molecule has 15 rings (SSSR count). The number of fused-ring (bicyclic) bond motifs is 12. The van der Waals surface area contributed by atoms with Crippen LogP contribution in [-0.4, -0.2) is 63.3 Å². The number of rotatable bonds is 6. The number of carbonyl (C=O) groups is 2. The zero-order valence-electron chi connectivity index (χ0n) is 47.9. The summed E-state index contributed by atoms with van der Waals surface area (Å²) < 4.78 is 94.9. The van der Waals surface area contributed by atoms with Crippen molar-refractivity contribution in [3.05, 3.63) is 185 Å². The molecule has 6 N–H and O–H groups in total. The largest absolute Gasteiger partial charge is 0.496 e. The molecular formula is C66H52BClF4N8O8. The first-order chi connectivity index (χ1) is 42.2. The third kappa shape index (κ3) is 9.76. The molecule has 0 saturated carbocycles. The van der Waals surface area contributed by atoms with Gasteiger partial charge in [0.2, 0.25) is 0 Å². The second-order valence-electron chi connectivity index (χ2n) is 22.1. The van der Waals surface area contributed by atoms with Crippen LogP contribution in [-0.2, 0) is 22.8 Å². The van der Waals surface area contributed by atoms with Gasteiger partial charge >= 0.3 is 7.12 Å².